The third-order valence-corrected chi connectivity index (χ3v) is 16.6. The normalized spacial score (nSPS) is 20.4. The number of nitrogens with zero attached hydrogens (tertiary/aromatic N) is 3. The van der Waals surface area contributed by atoms with Gasteiger partial charge in [-0.15, -0.1) is 0 Å². The van der Waals surface area contributed by atoms with E-state index in [0.717, 1.165) is 11.1 Å². The Morgan fingerprint density at radius 3 is 1.47 bits per heavy atom. The Bertz CT molecular complexity index is 3870. The molecule has 6 aromatic carbocycles. The van der Waals surface area contributed by atoms with E-state index in [9.17, 15) is 29.4 Å². The quantitative estimate of drug-likeness (QED) is 0.0490. The highest BCUT2D eigenvalue weighted by atomic mass is 35.5. The molecule has 4 fully saturated rings. The zero-order valence-corrected chi connectivity index (χ0v) is 52.9. The zero-order chi connectivity index (χ0) is 64.0. The minimum Gasteiger partial charge on any atom is -0.484 e. The van der Waals surface area contributed by atoms with Crippen LogP contribution in [0.3, 0.4) is 0 Å². The summed E-state index contributed by atoms with van der Waals surface area (Å²) in [5, 5.41) is 25.1. The van der Waals surface area contributed by atoms with Crippen LogP contribution in [-0.4, -0.2) is 144 Å². The number of carbonyl (C=O) groups is 2. The molecule has 0 spiro atoms. The van der Waals surface area contributed by atoms with Crippen LogP contribution in [0.5, 0.6) is 11.5 Å². The first-order chi connectivity index (χ1) is 43.6. The van der Waals surface area contributed by atoms with E-state index in [1.165, 1.54) is 19.6 Å². The van der Waals surface area contributed by atoms with Crippen molar-refractivity contribution in [1.29, 1.82) is 0 Å². The number of rotatable bonds is 17. The molecule has 2 aromatic heterocycles. The van der Waals surface area contributed by atoms with Crippen molar-refractivity contribution in [2.75, 3.05) is 70.3 Å². The lowest BCUT2D eigenvalue weighted by Crippen LogP contribution is -2.34. The second kappa shape index (κ2) is 31.5. The third kappa shape index (κ3) is 15.6. The Morgan fingerprint density at radius 2 is 0.989 bits per heavy atom. The van der Waals surface area contributed by atoms with E-state index in [-0.39, 0.29) is 80.1 Å². The molecule has 0 amide bonds. The van der Waals surface area contributed by atoms with Crippen LogP contribution in [0, 0.1) is 0 Å². The molecule has 12 rings (SSSR count). The molecule has 8 aromatic rings. The maximum Gasteiger partial charge on any atom is 0.345 e. The van der Waals surface area contributed by atoms with E-state index >= 15 is 0 Å². The fourth-order valence-corrected chi connectivity index (χ4v) is 11.8. The number of fused-ring (bicyclic) bond motifs is 4. The van der Waals surface area contributed by atoms with Gasteiger partial charge in [-0.2, -0.15) is 0 Å². The molecule has 0 radical (unpaired) electrons. The third-order valence-electron chi connectivity index (χ3n) is 15.6. The standard InChI is InChI=1S/C31H29ClN2O7.C19H16ClNO3.C12H14ClNO4.C6H15N/c1-2-38-31(37)26-27(20-10-6-7-11-22(20)34(30(26)36)15-18-8-4-3-5-9-18)33-19-12-13-24(21(32)14-19)41-25-17-40-28-23(35)16-39-29(25)28;1-2-24-19(23)16-17(20)14-10-6-7-11-15(14)21(18(16)22)12-13-8-4-3-5-9-13;13-7-3-6(14)1-2-9(7)18-10-5-17-11-8(15)4-16-12(10)11;1-4-7(5-2)6-3/h3-14,23,25,28-29,33,35H,2,15-17H2,1H3;3-11H,2,12H2,1H3;1-3,8,10-12,15H,4-5,14H2;4-6H2,1-3H3/t23-,25?,28+,29+;;8-,10?,11+,12+;/m0.0./s1. The number of carbonyl (C=O) groups excluding carboxylic acids is 2. The summed E-state index contributed by atoms with van der Waals surface area (Å²) in [5.74, 6) is -0.441. The van der Waals surface area contributed by atoms with E-state index in [4.69, 9.17) is 78.4 Å². The number of nitrogens with one attached hydrogen (secondary N) is 1. The predicted octanol–water partition coefficient (Wildman–Crippen LogP) is 10.6. The number of para-hydroxylation sites is 2. The summed E-state index contributed by atoms with van der Waals surface area (Å²) in [5.41, 5.74) is 9.20. The maximum atomic E-state index is 13.9. The summed E-state index contributed by atoms with van der Waals surface area (Å²) in [6.07, 6.45) is -3.26. The first kappa shape index (κ1) is 66.9. The van der Waals surface area contributed by atoms with E-state index < -0.39 is 47.5 Å². The Labute approximate surface area is 536 Å². The average Bonchev–Trinajstić information content (AvgIpc) is 1.11. The largest absolute Gasteiger partial charge is 0.484 e. The van der Waals surface area contributed by atoms with Crippen LogP contribution in [0.25, 0.3) is 21.8 Å². The van der Waals surface area contributed by atoms with Crippen molar-refractivity contribution >= 4 is 85.6 Å². The summed E-state index contributed by atoms with van der Waals surface area (Å²) in [6, 6.07) is 44.0. The van der Waals surface area contributed by atoms with Crippen LogP contribution in [0.15, 0.2) is 155 Å². The maximum absolute atomic E-state index is 13.9. The molecular formula is C68H74Cl3N5O14. The first-order valence-electron chi connectivity index (χ1n) is 30.0. The number of benzene rings is 6. The number of halogens is 3. The van der Waals surface area contributed by atoms with Gasteiger partial charge in [-0.3, -0.25) is 9.59 Å². The smallest absolute Gasteiger partial charge is 0.345 e. The second-order valence-electron chi connectivity index (χ2n) is 21.4. The first-order valence-corrected chi connectivity index (χ1v) is 31.1. The lowest BCUT2D eigenvalue weighted by Gasteiger charge is -2.20. The van der Waals surface area contributed by atoms with Crippen molar-refractivity contribution < 1.29 is 57.7 Å². The van der Waals surface area contributed by atoms with Crippen molar-refractivity contribution in [3.05, 3.63) is 204 Å². The summed E-state index contributed by atoms with van der Waals surface area (Å²) in [6.45, 7) is 15.6. The Kier molecular flexibility index (Phi) is 23.4. The Balaban J connectivity index is 0.000000165. The minimum atomic E-state index is -0.715. The van der Waals surface area contributed by atoms with Gasteiger partial charge in [-0.05, 0) is 93.1 Å². The van der Waals surface area contributed by atoms with Crippen molar-refractivity contribution in [2.24, 2.45) is 0 Å². The molecule has 6 heterocycles. The highest BCUT2D eigenvalue weighted by molar-refractivity contribution is 6.38. The molecule has 22 heteroatoms. The number of pyridine rings is 2. The van der Waals surface area contributed by atoms with Gasteiger partial charge in [0.1, 0.15) is 59.2 Å². The number of nitrogens with two attached hydrogens (primary N) is 1. The highest BCUT2D eigenvalue weighted by Gasteiger charge is 2.49. The molecule has 19 nitrogen and oxygen atoms in total. The van der Waals surface area contributed by atoms with Crippen molar-refractivity contribution in [1.82, 2.24) is 14.0 Å². The molecule has 4 saturated heterocycles. The van der Waals surface area contributed by atoms with Gasteiger partial charge >= 0.3 is 11.9 Å². The fourth-order valence-electron chi connectivity index (χ4n) is 11.0. The van der Waals surface area contributed by atoms with Crippen LogP contribution in [0.4, 0.5) is 17.1 Å². The number of anilines is 3. The molecule has 2 unspecified atom stereocenters. The summed E-state index contributed by atoms with van der Waals surface area (Å²) >= 11 is 19.0. The number of ether oxygens (including phenoxy) is 8. The van der Waals surface area contributed by atoms with Crippen molar-refractivity contribution in [3.63, 3.8) is 0 Å². The van der Waals surface area contributed by atoms with Crippen LogP contribution in [0.1, 0.15) is 66.5 Å². The van der Waals surface area contributed by atoms with Crippen molar-refractivity contribution in [2.45, 2.75) is 96.5 Å². The van der Waals surface area contributed by atoms with Gasteiger partial charge < -0.3 is 73.2 Å². The van der Waals surface area contributed by atoms with Gasteiger partial charge in [-0.1, -0.05) is 153 Å². The highest BCUT2D eigenvalue weighted by Crippen LogP contribution is 2.38. The predicted molar refractivity (Wildman–Crippen MR) is 348 cm³/mol. The van der Waals surface area contributed by atoms with Crippen LogP contribution in [0.2, 0.25) is 15.1 Å². The number of nitrogen functional groups attached to an aromatic ring is 1. The second-order valence-corrected chi connectivity index (χ2v) is 22.6. The van der Waals surface area contributed by atoms with Gasteiger partial charge in [0.25, 0.3) is 11.1 Å². The summed E-state index contributed by atoms with van der Waals surface area (Å²) < 4.78 is 47.6. The molecule has 0 aliphatic carbocycles. The van der Waals surface area contributed by atoms with E-state index in [1.807, 2.05) is 103 Å². The topological polar surface area (TPSA) is 234 Å². The molecule has 5 N–H and O–H groups in total. The van der Waals surface area contributed by atoms with Gasteiger partial charge in [0.2, 0.25) is 0 Å². The minimum absolute atomic E-state index is 0.0935. The Hall–Kier alpha value is -7.53. The van der Waals surface area contributed by atoms with Crippen LogP contribution >= 0.6 is 34.8 Å². The number of hydrogen-bond acceptors (Lipinski definition) is 17. The van der Waals surface area contributed by atoms with Gasteiger partial charge in [0, 0.05) is 22.1 Å². The number of aliphatic hydroxyl groups is 2. The summed E-state index contributed by atoms with van der Waals surface area (Å²) in [7, 11) is 0. The lowest BCUT2D eigenvalue weighted by atomic mass is 10.1. The van der Waals surface area contributed by atoms with Crippen LogP contribution < -0.4 is 31.6 Å². The molecular weight excluding hydrogens is 1220 g/mol. The molecule has 0 bridgehead atoms. The van der Waals surface area contributed by atoms with Gasteiger partial charge in [0.05, 0.1) is 84.5 Å². The van der Waals surface area contributed by atoms with Crippen LogP contribution in [-0.2, 0) is 41.5 Å². The van der Waals surface area contributed by atoms with Gasteiger partial charge in [0.15, 0.2) is 12.2 Å². The molecule has 8 atom stereocenters. The number of aromatic nitrogens is 2. The monoisotopic (exact) mass is 1290 g/mol. The Morgan fingerprint density at radius 1 is 0.556 bits per heavy atom. The van der Waals surface area contributed by atoms with Gasteiger partial charge in [-0.25, -0.2) is 9.59 Å². The molecule has 0 saturated carbocycles. The van der Waals surface area contributed by atoms with Crippen molar-refractivity contribution in [3.8, 4) is 11.5 Å². The average molecular weight is 1290 g/mol. The number of esters is 2. The molecule has 4 aliphatic heterocycles. The molecule has 4 aliphatic rings. The number of hydrogen-bond donors (Lipinski definition) is 4. The van der Waals surface area contributed by atoms with E-state index in [1.54, 1.807) is 65.4 Å². The SMILES string of the molecule is CCN(CC)CC.CCOC(=O)c1c(Cl)c2ccccc2n(Cc2ccccc2)c1=O.CCOC(=O)c1c(Nc2ccc(OC3CO[C@H]4[C@@H]3OC[C@@H]4O)c(Cl)c2)c2ccccc2n(Cc2ccccc2)c1=O.Nc1ccc(OC2CO[C@H]3[C@@H]2OC[C@@H]3O)c(Cl)c1. The number of aliphatic hydroxyl groups excluding tert-OH is 2. The molecule has 476 valence electrons. The fraction of sp³-hybridized carbons (Fsp3) is 0.353. The van der Waals surface area contributed by atoms with E-state index in [2.05, 4.69) is 31.0 Å². The van der Waals surface area contributed by atoms with E-state index in [0.29, 0.717) is 73.6 Å². The molecule has 90 heavy (non-hydrogen) atoms. The zero-order valence-electron chi connectivity index (χ0n) is 50.6. The lowest BCUT2D eigenvalue weighted by molar-refractivity contribution is 0.00863. The summed E-state index contributed by atoms with van der Waals surface area (Å²) in [4.78, 5) is 54.6.